The van der Waals surface area contributed by atoms with E-state index in [9.17, 15) is 4.79 Å². The van der Waals surface area contributed by atoms with Crippen LogP contribution in [0.2, 0.25) is 0 Å². The largest absolute Gasteiger partial charge is 0.339 e. The molecule has 5 nitrogen and oxygen atoms in total. The number of carbonyl (C=O) groups is 1. The Morgan fingerprint density at radius 2 is 1.77 bits per heavy atom. The molecule has 2 aromatic carbocycles. The molecule has 0 saturated carbocycles. The highest BCUT2D eigenvalue weighted by Crippen LogP contribution is 2.33. The van der Waals surface area contributed by atoms with Crippen molar-refractivity contribution in [2.24, 2.45) is 0 Å². The number of rotatable bonds is 3. The Morgan fingerprint density at radius 1 is 1.04 bits per heavy atom. The smallest absolute Gasteiger partial charge is 0.232 e. The Hall–Kier alpha value is -2.95. The van der Waals surface area contributed by atoms with Crippen molar-refractivity contribution in [3.63, 3.8) is 0 Å². The molecule has 1 aromatic heterocycles. The van der Waals surface area contributed by atoms with Crippen LogP contribution in [0.1, 0.15) is 34.9 Å². The summed E-state index contributed by atoms with van der Waals surface area (Å²) in [7, 11) is 0. The number of aryl methyl sites for hydroxylation is 3. The molecule has 1 unspecified atom stereocenters. The first-order valence-corrected chi connectivity index (χ1v) is 8.79. The summed E-state index contributed by atoms with van der Waals surface area (Å²) in [4.78, 5) is 18.9. The Balaban J connectivity index is 1.56. The number of hydrogen-bond acceptors (Lipinski definition) is 4. The van der Waals surface area contributed by atoms with E-state index in [1.165, 1.54) is 11.1 Å². The maximum atomic E-state index is 12.5. The fraction of sp³-hybridized carbons (Fsp3) is 0.286. The molecule has 0 N–H and O–H groups in total. The van der Waals surface area contributed by atoms with Gasteiger partial charge in [-0.1, -0.05) is 52.7 Å². The molecule has 1 amide bonds. The average molecular weight is 347 g/mol. The molecule has 2 heterocycles. The number of anilines is 1. The fourth-order valence-corrected chi connectivity index (χ4v) is 3.43. The van der Waals surface area contributed by atoms with Crippen LogP contribution >= 0.6 is 0 Å². The molecule has 5 heteroatoms. The second-order valence-electron chi connectivity index (χ2n) is 7.02. The third-order valence-electron chi connectivity index (χ3n) is 4.87. The van der Waals surface area contributed by atoms with Crippen LogP contribution in [0.15, 0.2) is 47.0 Å². The molecule has 1 saturated heterocycles. The van der Waals surface area contributed by atoms with Crippen molar-refractivity contribution in [3.05, 3.63) is 65.0 Å². The van der Waals surface area contributed by atoms with E-state index in [1.54, 1.807) is 0 Å². The molecule has 1 aliphatic heterocycles. The first kappa shape index (κ1) is 16.5. The first-order chi connectivity index (χ1) is 12.5. The number of hydrogen-bond donors (Lipinski definition) is 0. The van der Waals surface area contributed by atoms with Gasteiger partial charge in [-0.15, -0.1) is 0 Å². The van der Waals surface area contributed by atoms with Gasteiger partial charge in [0.25, 0.3) is 0 Å². The van der Waals surface area contributed by atoms with E-state index in [0.29, 0.717) is 24.7 Å². The Kier molecular flexibility index (Phi) is 4.07. The number of carbonyl (C=O) groups excluding carboxylic acids is 1. The summed E-state index contributed by atoms with van der Waals surface area (Å²) in [6, 6.07) is 14.1. The fourth-order valence-electron chi connectivity index (χ4n) is 3.43. The Labute approximate surface area is 152 Å². The molecule has 26 heavy (non-hydrogen) atoms. The van der Waals surface area contributed by atoms with E-state index in [0.717, 1.165) is 16.8 Å². The lowest BCUT2D eigenvalue weighted by Gasteiger charge is -2.19. The molecule has 0 aliphatic carbocycles. The van der Waals surface area contributed by atoms with Crippen molar-refractivity contribution in [2.75, 3.05) is 11.4 Å². The predicted molar refractivity (Wildman–Crippen MR) is 100 cm³/mol. The van der Waals surface area contributed by atoms with Crippen LogP contribution in [0, 0.1) is 20.8 Å². The monoisotopic (exact) mass is 347 g/mol. The third kappa shape index (κ3) is 3.01. The van der Waals surface area contributed by atoms with Gasteiger partial charge >= 0.3 is 0 Å². The normalized spacial score (nSPS) is 17.1. The van der Waals surface area contributed by atoms with Gasteiger partial charge < -0.3 is 9.42 Å². The maximum absolute atomic E-state index is 12.5. The summed E-state index contributed by atoms with van der Waals surface area (Å²) in [5, 5.41) is 4.10. The molecule has 0 spiro atoms. The van der Waals surface area contributed by atoms with Crippen molar-refractivity contribution < 1.29 is 9.32 Å². The van der Waals surface area contributed by atoms with Crippen LogP contribution in [-0.4, -0.2) is 22.6 Å². The van der Waals surface area contributed by atoms with Gasteiger partial charge in [-0.25, -0.2) is 0 Å². The Morgan fingerprint density at radius 3 is 2.50 bits per heavy atom. The second-order valence-corrected chi connectivity index (χ2v) is 7.02. The quantitative estimate of drug-likeness (QED) is 0.713. The van der Waals surface area contributed by atoms with Gasteiger partial charge in [-0.2, -0.15) is 4.98 Å². The van der Waals surface area contributed by atoms with E-state index in [-0.39, 0.29) is 11.8 Å². The standard InChI is InChI=1S/C21H21N3O2/c1-13-4-7-16(8-5-13)20-22-21(26-23-20)17-11-19(25)24(12-17)18-9-6-14(2)10-15(18)3/h4-10,17H,11-12H2,1-3H3. The van der Waals surface area contributed by atoms with Gasteiger partial charge in [0, 0.05) is 24.2 Å². The van der Waals surface area contributed by atoms with Gasteiger partial charge in [0.1, 0.15) is 0 Å². The van der Waals surface area contributed by atoms with Gasteiger partial charge in [-0.3, -0.25) is 4.79 Å². The number of nitrogens with zero attached hydrogens (tertiary/aromatic N) is 3. The van der Waals surface area contributed by atoms with Crippen molar-refractivity contribution >= 4 is 11.6 Å². The average Bonchev–Trinajstić information content (AvgIpc) is 3.23. The lowest BCUT2D eigenvalue weighted by molar-refractivity contribution is -0.117. The number of amides is 1. The molecule has 0 bridgehead atoms. The topological polar surface area (TPSA) is 59.2 Å². The minimum absolute atomic E-state index is 0.0742. The van der Waals surface area contributed by atoms with E-state index in [1.807, 2.05) is 55.1 Å². The summed E-state index contributed by atoms with van der Waals surface area (Å²) >= 11 is 0. The zero-order chi connectivity index (χ0) is 18.3. The molecule has 0 radical (unpaired) electrons. The van der Waals surface area contributed by atoms with Crippen molar-refractivity contribution in [2.45, 2.75) is 33.1 Å². The van der Waals surface area contributed by atoms with E-state index in [2.05, 4.69) is 23.1 Å². The van der Waals surface area contributed by atoms with Crippen molar-refractivity contribution in [3.8, 4) is 11.4 Å². The summed E-state index contributed by atoms with van der Waals surface area (Å²) in [6.45, 7) is 6.69. The van der Waals surface area contributed by atoms with Crippen LogP contribution in [-0.2, 0) is 4.79 Å². The molecular formula is C21H21N3O2. The molecule has 132 valence electrons. The minimum Gasteiger partial charge on any atom is -0.339 e. The van der Waals surface area contributed by atoms with Gasteiger partial charge in [0.15, 0.2) is 0 Å². The van der Waals surface area contributed by atoms with Crippen LogP contribution in [0.5, 0.6) is 0 Å². The van der Waals surface area contributed by atoms with Crippen LogP contribution in [0.3, 0.4) is 0 Å². The zero-order valence-electron chi connectivity index (χ0n) is 15.2. The highest BCUT2D eigenvalue weighted by molar-refractivity contribution is 5.97. The summed E-state index contributed by atoms with van der Waals surface area (Å²) in [5.41, 5.74) is 5.35. The third-order valence-corrected chi connectivity index (χ3v) is 4.87. The number of benzene rings is 2. The van der Waals surface area contributed by atoms with Gasteiger partial charge in [-0.05, 0) is 32.4 Å². The Bertz CT molecular complexity index is 960. The van der Waals surface area contributed by atoms with Crippen LogP contribution in [0.4, 0.5) is 5.69 Å². The maximum Gasteiger partial charge on any atom is 0.232 e. The molecule has 1 aliphatic rings. The zero-order valence-corrected chi connectivity index (χ0v) is 15.2. The van der Waals surface area contributed by atoms with E-state index < -0.39 is 0 Å². The minimum atomic E-state index is -0.0742. The molecular weight excluding hydrogens is 326 g/mol. The lowest BCUT2D eigenvalue weighted by atomic mass is 10.1. The van der Waals surface area contributed by atoms with Crippen molar-refractivity contribution in [1.82, 2.24) is 10.1 Å². The second kappa shape index (κ2) is 6.41. The SMILES string of the molecule is Cc1ccc(-c2noc(C3CC(=O)N(c4ccc(C)cc4C)C3)n2)cc1. The summed E-state index contributed by atoms with van der Waals surface area (Å²) < 4.78 is 5.48. The van der Waals surface area contributed by atoms with E-state index >= 15 is 0 Å². The van der Waals surface area contributed by atoms with Crippen LogP contribution in [0.25, 0.3) is 11.4 Å². The van der Waals surface area contributed by atoms with Crippen LogP contribution < -0.4 is 4.90 Å². The van der Waals surface area contributed by atoms with Gasteiger partial charge in [0.2, 0.25) is 17.6 Å². The highest BCUT2D eigenvalue weighted by Gasteiger charge is 2.35. The molecule has 1 fully saturated rings. The first-order valence-electron chi connectivity index (χ1n) is 8.79. The summed E-state index contributed by atoms with van der Waals surface area (Å²) in [6.07, 6.45) is 0.392. The molecule has 3 aromatic rings. The number of aromatic nitrogens is 2. The highest BCUT2D eigenvalue weighted by atomic mass is 16.5. The summed E-state index contributed by atoms with van der Waals surface area (Å²) in [5.74, 6) is 1.12. The van der Waals surface area contributed by atoms with E-state index in [4.69, 9.17) is 4.52 Å². The molecule has 1 atom stereocenters. The van der Waals surface area contributed by atoms with Gasteiger partial charge in [0.05, 0.1) is 5.92 Å². The lowest BCUT2D eigenvalue weighted by Crippen LogP contribution is -2.25. The molecule has 4 rings (SSSR count). The van der Waals surface area contributed by atoms with Crippen molar-refractivity contribution in [1.29, 1.82) is 0 Å². The predicted octanol–water partition coefficient (Wildman–Crippen LogP) is 4.18.